The van der Waals surface area contributed by atoms with E-state index in [-0.39, 0.29) is 76.4 Å². The third kappa shape index (κ3) is 4.03. The van der Waals surface area contributed by atoms with Crippen molar-refractivity contribution in [3.05, 3.63) is 145 Å². The van der Waals surface area contributed by atoms with Crippen molar-refractivity contribution in [3.8, 4) is 44.6 Å². The van der Waals surface area contributed by atoms with Crippen LogP contribution in [0.2, 0.25) is 0 Å². The van der Waals surface area contributed by atoms with Crippen molar-refractivity contribution in [2.45, 2.75) is 0 Å². The minimum atomic E-state index is -0.702. The molecule has 0 atom stereocenters. The molecule has 0 spiro atoms. The van der Waals surface area contributed by atoms with E-state index in [4.69, 9.17) is 29.1 Å². The fourth-order valence-electron chi connectivity index (χ4n) is 5.01. The van der Waals surface area contributed by atoms with Crippen LogP contribution in [0.3, 0.4) is 0 Å². The normalized spacial score (nSPS) is 17.7. The van der Waals surface area contributed by atoms with Crippen molar-refractivity contribution in [3.63, 3.8) is 0 Å². The Morgan fingerprint density at radius 3 is 2.23 bits per heavy atom. The van der Waals surface area contributed by atoms with Crippen LogP contribution in [0.25, 0.3) is 86.9 Å². The summed E-state index contributed by atoms with van der Waals surface area (Å²) in [6, 6.07) is -5.12. The van der Waals surface area contributed by atoms with Gasteiger partial charge < -0.3 is 4.42 Å². The van der Waals surface area contributed by atoms with Gasteiger partial charge in [0, 0.05) is 31.1 Å². The van der Waals surface area contributed by atoms with Crippen LogP contribution in [-0.2, 0) is 0 Å². The molecule has 4 heteroatoms. The maximum Gasteiger partial charge on any atom is 0.180 e. The highest BCUT2D eigenvalue weighted by molar-refractivity contribution is 7.26. The van der Waals surface area contributed by atoms with Gasteiger partial charge in [-0.3, -0.25) is 0 Å². The largest absolute Gasteiger partial charge is 0.452 e. The molecule has 0 radical (unpaired) electrons. The van der Waals surface area contributed by atoms with E-state index in [1.807, 2.05) is 0 Å². The van der Waals surface area contributed by atoms with Crippen LogP contribution in [0.4, 0.5) is 0 Å². The maximum atomic E-state index is 9.48. The van der Waals surface area contributed by atoms with Gasteiger partial charge >= 0.3 is 0 Å². The molecule has 0 fully saturated rings. The van der Waals surface area contributed by atoms with Crippen LogP contribution >= 0.6 is 11.3 Å². The van der Waals surface area contributed by atoms with Crippen LogP contribution in [0.15, 0.2) is 150 Å². The van der Waals surface area contributed by atoms with Gasteiger partial charge in [-0.25, -0.2) is 9.97 Å². The summed E-state index contributed by atoms with van der Waals surface area (Å²) in [5, 5.41) is 0.211. The third-order valence-corrected chi connectivity index (χ3v) is 8.14. The molecule has 3 aromatic heterocycles. The Morgan fingerprint density at radius 2 is 1.34 bits per heavy atom. The summed E-state index contributed by atoms with van der Waals surface area (Å²) in [6.07, 6.45) is 1.14. The molecule has 0 saturated carbocycles. The van der Waals surface area contributed by atoms with Crippen molar-refractivity contribution in [1.82, 2.24) is 9.97 Å². The van der Waals surface area contributed by atoms with E-state index in [1.54, 1.807) is 0 Å². The molecule has 0 bridgehead atoms. The number of hydrogen-bond donors (Lipinski definition) is 0. The Hall–Kier alpha value is -5.58. The lowest BCUT2D eigenvalue weighted by Gasteiger charge is -2.07. The molecule has 0 aliphatic heterocycles. The summed E-state index contributed by atoms with van der Waals surface area (Å²) in [7, 11) is 0. The van der Waals surface area contributed by atoms with E-state index >= 15 is 0 Å². The van der Waals surface area contributed by atoms with Gasteiger partial charge in [-0.05, 0) is 57.6 Å². The van der Waals surface area contributed by atoms with E-state index in [2.05, 4.69) is 9.97 Å². The molecule has 0 aliphatic carbocycles. The number of aromatic nitrogens is 2. The lowest BCUT2D eigenvalue weighted by molar-refractivity contribution is 0.667. The first-order chi connectivity index (χ1) is 29.7. The predicted octanol–water partition coefficient (Wildman–Crippen LogP) is 11.4. The second kappa shape index (κ2) is 10.0. The standard InChI is InChI=1S/C40H24N2OS/c1-2-8-25(9-3-1)26-16-18-27(19-17-26)28-20-21-35-34(23-28)38-39(43-35)37(41-24-42-38)30-11-6-10-29(22-30)31-13-7-14-33-32-12-4-5-15-36(32)44-40(31)33/h1-24H/i1D,2D,3D,4D,5D,7D,8D,9D,10D,11D,12D,13D,14D,15D,16D,17D,18D,19D,22D. The zero-order valence-corrected chi connectivity index (χ0v) is 22.9. The number of nitrogens with zero attached hydrogens (tertiary/aromatic N) is 2. The highest BCUT2D eigenvalue weighted by Crippen LogP contribution is 2.41. The molecule has 0 aliphatic rings. The Balaban J connectivity index is 1.25. The lowest BCUT2D eigenvalue weighted by Crippen LogP contribution is -1.88. The smallest absolute Gasteiger partial charge is 0.180 e. The van der Waals surface area contributed by atoms with Crippen LogP contribution < -0.4 is 0 Å². The number of furan rings is 1. The molecule has 9 rings (SSSR count). The van der Waals surface area contributed by atoms with Crippen molar-refractivity contribution in [2.75, 3.05) is 0 Å². The van der Waals surface area contributed by atoms with Gasteiger partial charge in [0.25, 0.3) is 0 Å². The Labute approximate surface area is 284 Å². The molecule has 206 valence electrons. The van der Waals surface area contributed by atoms with Gasteiger partial charge in [0.2, 0.25) is 0 Å². The summed E-state index contributed by atoms with van der Waals surface area (Å²) in [5.74, 6) is 0. The summed E-state index contributed by atoms with van der Waals surface area (Å²) in [5.41, 5.74) is -1.30. The van der Waals surface area contributed by atoms with Crippen molar-refractivity contribution >= 4 is 53.6 Å². The monoisotopic (exact) mass is 599 g/mol. The molecule has 3 nitrogen and oxygen atoms in total. The minimum absolute atomic E-state index is 0.0316. The van der Waals surface area contributed by atoms with Crippen molar-refractivity contribution in [1.29, 1.82) is 0 Å². The molecule has 44 heavy (non-hydrogen) atoms. The number of benzene rings is 6. The minimum Gasteiger partial charge on any atom is -0.452 e. The van der Waals surface area contributed by atoms with E-state index in [0.717, 1.165) is 23.7 Å². The van der Waals surface area contributed by atoms with E-state index in [1.165, 1.54) is 18.2 Å². The van der Waals surface area contributed by atoms with Crippen molar-refractivity contribution in [2.24, 2.45) is 0 Å². The highest BCUT2D eigenvalue weighted by atomic mass is 32.1. The first-order valence-electron chi connectivity index (χ1n) is 22.6. The Bertz CT molecular complexity index is 3530. The van der Waals surface area contributed by atoms with Crippen LogP contribution in [0, 0.1) is 0 Å². The first kappa shape index (κ1) is 12.6. The van der Waals surface area contributed by atoms with Gasteiger partial charge in [0.1, 0.15) is 23.1 Å². The summed E-state index contributed by atoms with van der Waals surface area (Å²) >= 11 is 0.837. The third-order valence-electron chi connectivity index (χ3n) is 7.02. The molecule has 9 aromatic rings. The van der Waals surface area contributed by atoms with Crippen LogP contribution in [-0.4, -0.2) is 9.97 Å². The number of hydrogen-bond acceptors (Lipinski definition) is 4. The molecular formula is C40H24N2OS. The molecule has 3 heterocycles. The van der Waals surface area contributed by atoms with E-state index in [0.29, 0.717) is 5.39 Å². The molecule has 0 N–H and O–H groups in total. The molecular weight excluding hydrogens is 557 g/mol. The fraction of sp³-hybridized carbons (Fsp3) is 0. The van der Waals surface area contributed by atoms with Gasteiger partial charge in [0.15, 0.2) is 5.58 Å². The van der Waals surface area contributed by atoms with E-state index < -0.39 is 120 Å². The zero-order chi connectivity index (χ0) is 45.6. The predicted molar refractivity (Wildman–Crippen MR) is 184 cm³/mol. The van der Waals surface area contributed by atoms with Gasteiger partial charge in [-0.1, -0.05) is 115 Å². The van der Waals surface area contributed by atoms with E-state index in [9.17, 15) is 1.37 Å². The zero-order valence-electron chi connectivity index (χ0n) is 41.1. The lowest BCUT2D eigenvalue weighted by atomic mass is 9.99. The SMILES string of the molecule is [2H]c1cc([2H])c(-c2c([2H])c([2H])c([2H])c3c2sc2c([2H])c([2H])c([2H])c([2H])c23)c([2H])c1-c1ncnc2c1oc1ccc(-c3c([2H])c([2H])c(-c4c([2H])c([2H])c([2H])c([2H])c4[2H])c([2H])c3[2H])cc12. The van der Waals surface area contributed by atoms with Gasteiger partial charge in [0.05, 0.1) is 26.0 Å². The van der Waals surface area contributed by atoms with Crippen LogP contribution in [0.1, 0.15) is 26.0 Å². The average molecular weight is 600 g/mol. The van der Waals surface area contributed by atoms with Gasteiger partial charge in [-0.15, -0.1) is 11.3 Å². The van der Waals surface area contributed by atoms with Gasteiger partial charge in [-0.2, -0.15) is 0 Å². The Morgan fingerprint density at radius 1 is 0.591 bits per heavy atom. The number of fused-ring (bicyclic) bond motifs is 6. The highest BCUT2D eigenvalue weighted by Gasteiger charge is 2.17. The molecule has 0 saturated heterocycles. The average Bonchev–Trinajstić information content (AvgIpc) is 3.84. The summed E-state index contributed by atoms with van der Waals surface area (Å²) in [6.45, 7) is 0. The van der Waals surface area contributed by atoms with Crippen LogP contribution in [0.5, 0.6) is 0 Å². The quantitative estimate of drug-likeness (QED) is 0.202. The topological polar surface area (TPSA) is 38.9 Å². The summed E-state index contributed by atoms with van der Waals surface area (Å²) < 4.78 is 170. The Kier molecular flexibility index (Phi) is 2.86. The fourth-order valence-corrected chi connectivity index (χ4v) is 6.08. The molecule has 6 aromatic carbocycles. The summed E-state index contributed by atoms with van der Waals surface area (Å²) in [4.78, 5) is 8.76. The number of rotatable bonds is 4. The molecule has 0 unspecified atom stereocenters. The molecule has 0 amide bonds. The second-order valence-electron chi connectivity index (χ2n) is 9.53. The second-order valence-corrected chi connectivity index (χ2v) is 10.6. The van der Waals surface area contributed by atoms with Crippen molar-refractivity contribution < 1.29 is 30.5 Å². The first-order valence-corrected chi connectivity index (χ1v) is 13.9. The number of thiophene rings is 1. The maximum absolute atomic E-state index is 9.48.